The summed E-state index contributed by atoms with van der Waals surface area (Å²) in [6.07, 6.45) is 3.36. The minimum atomic E-state index is -2.87. The number of nitrogens with zero attached hydrogens (tertiary/aromatic N) is 4. The summed E-state index contributed by atoms with van der Waals surface area (Å²) in [6, 6.07) is 33.3. The van der Waals surface area contributed by atoms with Gasteiger partial charge < -0.3 is 24.4 Å². The van der Waals surface area contributed by atoms with Gasteiger partial charge in [-0.25, -0.2) is 0 Å². The number of ether oxygens (including phenoxy) is 2. The normalized spacial score (nSPS) is 12.4. The number of pyridine rings is 2. The second-order valence-electron chi connectivity index (χ2n) is 12.1. The van der Waals surface area contributed by atoms with E-state index in [-0.39, 0.29) is 81.2 Å². The largest absolute Gasteiger partial charge is 1.00 e. The Balaban J connectivity index is 0.000000182. The Kier molecular flexibility index (Phi) is 15.6. The molecule has 0 bridgehead atoms. The van der Waals surface area contributed by atoms with Crippen molar-refractivity contribution < 1.29 is 97.6 Å². The van der Waals surface area contributed by atoms with E-state index in [1.807, 2.05) is 12.1 Å². The van der Waals surface area contributed by atoms with E-state index in [2.05, 4.69) is 40.7 Å². The molecule has 4 aromatic carbocycles. The van der Waals surface area contributed by atoms with Crippen LogP contribution in [0.25, 0.3) is 27.8 Å². The summed E-state index contributed by atoms with van der Waals surface area (Å²) >= 11 is 3.34. The molecule has 0 N–H and O–H groups in total. The maximum absolute atomic E-state index is 12.4. The number of fused-ring (bicyclic) bond motifs is 2. The van der Waals surface area contributed by atoms with Gasteiger partial charge in [0.1, 0.15) is 11.5 Å². The third kappa shape index (κ3) is 11.1. The van der Waals surface area contributed by atoms with E-state index < -0.39 is 25.0 Å². The molecule has 4 amide bonds. The van der Waals surface area contributed by atoms with Gasteiger partial charge >= 0.3 is 64.6 Å². The summed E-state index contributed by atoms with van der Waals surface area (Å²) in [7, 11) is 0. The molecule has 0 unspecified atom stereocenters. The van der Waals surface area contributed by atoms with Crippen LogP contribution in [-0.2, 0) is 11.9 Å². The zero-order valence-electron chi connectivity index (χ0n) is 30.4. The van der Waals surface area contributed by atoms with Crippen LogP contribution >= 0.6 is 15.9 Å². The van der Waals surface area contributed by atoms with Gasteiger partial charge in [0.15, 0.2) is 0 Å². The summed E-state index contributed by atoms with van der Waals surface area (Å²) in [5.74, 6) is -1.28. The van der Waals surface area contributed by atoms with Gasteiger partial charge in [-0.05, 0) is 83.9 Å². The molecule has 0 atom stereocenters. The van der Waals surface area contributed by atoms with Gasteiger partial charge in [-0.15, -0.1) is 0 Å². The Morgan fingerprint density at radius 2 is 0.948 bits per heavy atom. The van der Waals surface area contributed by atoms with Gasteiger partial charge in [-0.2, -0.15) is 17.6 Å². The van der Waals surface area contributed by atoms with Crippen molar-refractivity contribution in [2.24, 2.45) is 0 Å². The maximum atomic E-state index is 12.4. The molecule has 6 aromatic rings. The number of carbonyl (C=O) groups excluding carboxylic acids is 4. The molecule has 10 nitrogen and oxygen atoms in total. The van der Waals surface area contributed by atoms with E-state index in [9.17, 15) is 36.7 Å². The summed E-state index contributed by atoms with van der Waals surface area (Å²) in [4.78, 5) is 56.5. The number of benzene rings is 4. The third-order valence-electron chi connectivity index (χ3n) is 8.36. The smallest absolute Gasteiger partial charge is 0.587 e. The number of imide groups is 2. The van der Waals surface area contributed by atoms with Gasteiger partial charge in [0, 0.05) is 40.0 Å². The Labute approximate surface area is 380 Å². The van der Waals surface area contributed by atoms with Gasteiger partial charge in [-0.3, -0.25) is 24.5 Å². The molecular weight excluding hydrogens is 851 g/mol. The molecule has 0 spiro atoms. The number of carbonyl (C=O) groups is 4. The average Bonchev–Trinajstić information content (AvgIpc) is 3.65. The van der Waals surface area contributed by atoms with E-state index in [4.69, 9.17) is 0 Å². The first-order valence-corrected chi connectivity index (χ1v) is 18.0. The van der Waals surface area contributed by atoms with Gasteiger partial charge in [-0.1, -0.05) is 64.5 Å². The summed E-state index contributed by atoms with van der Waals surface area (Å²) < 4.78 is 57.0. The number of rotatable bonds is 9. The molecule has 0 radical (unpaired) electrons. The number of alkyl halides is 5. The van der Waals surface area contributed by atoms with E-state index in [0.717, 1.165) is 27.7 Å². The molecule has 0 fully saturated rings. The van der Waals surface area contributed by atoms with Crippen molar-refractivity contribution in [3.8, 4) is 34.0 Å². The minimum absolute atomic E-state index is 0. The van der Waals surface area contributed by atoms with E-state index >= 15 is 0 Å². The van der Waals surface area contributed by atoms with Crippen molar-refractivity contribution in [1.82, 2.24) is 14.9 Å². The number of amides is 4. The van der Waals surface area contributed by atoms with Crippen molar-refractivity contribution in [3.63, 3.8) is 0 Å². The van der Waals surface area contributed by atoms with Crippen molar-refractivity contribution in [2.75, 3.05) is 0 Å². The molecular formula is C42H28BrF4KN4O6. The maximum Gasteiger partial charge on any atom is 1.00 e. The van der Waals surface area contributed by atoms with Crippen LogP contribution in [0.5, 0.6) is 11.5 Å². The second kappa shape index (κ2) is 20.5. The second-order valence-corrected chi connectivity index (χ2v) is 12.6. The molecule has 8 rings (SSSR count). The summed E-state index contributed by atoms with van der Waals surface area (Å²) in [5, 5.41) is 4.03. The molecule has 2 aliphatic rings. The number of halogens is 5. The van der Waals surface area contributed by atoms with Crippen molar-refractivity contribution >= 4 is 39.6 Å². The SMILES string of the molecule is FC(F)Oc1ccc(-c2ccc(CBr)cn2)cc1.O=C1[N-]C(=O)c2ccccc21.O=C1c2ccccc2C(=O)N1Cc1ccc(-c2ccc(OC(F)F)cc2)nc1.[K+]. The standard InChI is InChI=1S/C21H14F2N2O3.C13H10BrF2NO.C8H5NO2.K/c22-21(23)28-15-8-6-14(7-9-15)18-10-5-13(11-24-18)12-25-19(26)16-3-1-2-4-17(16)20(25)27;14-7-9-1-6-12(17-8-9)10-2-4-11(5-3-10)18-13(15)16;10-7-5-3-1-2-4-6(5)8(11)9-7;/h1-11,21H,12H2;1-6,8,13H,7H2;1-4H,(H,9,10,11);/q;;;+1/p-1. The molecule has 2 aliphatic heterocycles. The quantitative estimate of drug-likeness (QED) is 0.0676. The van der Waals surface area contributed by atoms with Crippen LogP contribution in [0.3, 0.4) is 0 Å². The molecule has 288 valence electrons. The number of aromatic nitrogens is 2. The van der Waals surface area contributed by atoms with E-state index in [1.165, 1.54) is 29.2 Å². The zero-order valence-corrected chi connectivity index (χ0v) is 35.1. The Morgan fingerprint density at radius 3 is 1.31 bits per heavy atom. The molecule has 0 saturated carbocycles. The van der Waals surface area contributed by atoms with Crippen molar-refractivity contribution in [1.29, 1.82) is 0 Å². The first kappa shape index (κ1) is 44.0. The summed E-state index contributed by atoms with van der Waals surface area (Å²) in [5.41, 5.74) is 6.44. The number of hydrogen-bond donors (Lipinski definition) is 0. The average molecular weight is 880 g/mol. The van der Waals surface area contributed by atoms with Crippen molar-refractivity contribution in [3.05, 3.63) is 172 Å². The molecule has 0 saturated heterocycles. The molecule has 0 aliphatic carbocycles. The third-order valence-corrected chi connectivity index (χ3v) is 9.01. The zero-order chi connectivity index (χ0) is 40.5. The van der Waals surface area contributed by atoms with Crippen LogP contribution in [0.15, 0.2) is 134 Å². The monoisotopic (exact) mass is 878 g/mol. The summed E-state index contributed by atoms with van der Waals surface area (Å²) in [6.45, 7) is -5.54. The first-order chi connectivity index (χ1) is 27.5. The number of hydrogen-bond acceptors (Lipinski definition) is 8. The predicted octanol–water partition coefficient (Wildman–Crippen LogP) is 6.75. The van der Waals surface area contributed by atoms with Gasteiger partial charge in [0.2, 0.25) is 0 Å². The van der Waals surface area contributed by atoms with E-state index in [1.54, 1.807) is 97.3 Å². The first-order valence-electron chi connectivity index (χ1n) is 16.9. The fraction of sp³-hybridized carbons (Fsp3) is 0.0952. The predicted molar refractivity (Wildman–Crippen MR) is 204 cm³/mol. The van der Waals surface area contributed by atoms with Crippen LogP contribution in [0, 0.1) is 0 Å². The van der Waals surface area contributed by atoms with Crippen LogP contribution in [0.1, 0.15) is 52.6 Å². The molecule has 16 heteroatoms. The molecule has 58 heavy (non-hydrogen) atoms. The minimum Gasteiger partial charge on any atom is -0.587 e. The van der Waals surface area contributed by atoms with Crippen LogP contribution in [0.2, 0.25) is 0 Å². The van der Waals surface area contributed by atoms with Crippen LogP contribution < -0.4 is 60.9 Å². The molecule has 2 aromatic heterocycles. The Morgan fingerprint density at radius 1 is 0.552 bits per heavy atom. The Bertz CT molecular complexity index is 2320. The van der Waals surface area contributed by atoms with Crippen LogP contribution in [0.4, 0.5) is 17.6 Å². The fourth-order valence-corrected chi connectivity index (χ4v) is 5.94. The Hall–Kier alpha value is -5.10. The fourth-order valence-electron chi connectivity index (χ4n) is 5.61. The van der Waals surface area contributed by atoms with Gasteiger partial charge in [0.05, 0.1) is 40.9 Å². The van der Waals surface area contributed by atoms with Gasteiger partial charge in [0.25, 0.3) is 11.8 Å². The van der Waals surface area contributed by atoms with Crippen molar-refractivity contribution in [2.45, 2.75) is 25.1 Å². The van der Waals surface area contributed by atoms with E-state index in [0.29, 0.717) is 33.5 Å². The topological polar surface area (TPSA) is 130 Å². The van der Waals surface area contributed by atoms with Crippen LogP contribution in [-0.4, -0.2) is 51.7 Å². The molecule has 4 heterocycles.